The lowest BCUT2D eigenvalue weighted by molar-refractivity contribution is 0.199. The molecule has 0 unspecified atom stereocenters. The Bertz CT molecular complexity index is 496. The Morgan fingerprint density at radius 2 is 2.28 bits per heavy atom. The first kappa shape index (κ1) is 12.7. The van der Waals surface area contributed by atoms with E-state index in [1.165, 1.54) is 0 Å². The second-order valence-electron chi connectivity index (χ2n) is 3.93. The summed E-state index contributed by atoms with van der Waals surface area (Å²) in [6.45, 7) is 4.11. The summed E-state index contributed by atoms with van der Waals surface area (Å²) in [5.74, 6) is 1.53. The molecule has 0 saturated heterocycles. The van der Waals surface area contributed by atoms with E-state index in [4.69, 9.17) is 9.15 Å². The highest BCUT2D eigenvalue weighted by Crippen LogP contribution is 2.20. The van der Waals surface area contributed by atoms with E-state index in [1.54, 1.807) is 19.6 Å². The Hall–Kier alpha value is -1.72. The SMILES string of the molecule is COCCNCc1ccnc(-c2ccoc2C)n1. The van der Waals surface area contributed by atoms with Gasteiger partial charge in [-0.25, -0.2) is 9.97 Å². The molecule has 0 aromatic carbocycles. The zero-order chi connectivity index (χ0) is 12.8. The average molecular weight is 247 g/mol. The summed E-state index contributed by atoms with van der Waals surface area (Å²) in [6, 6.07) is 3.78. The lowest BCUT2D eigenvalue weighted by atomic mass is 10.2. The predicted octanol–water partition coefficient (Wildman–Crippen LogP) is 1.78. The van der Waals surface area contributed by atoms with Crippen molar-refractivity contribution in [3.05, 3.63) is 36.0 Å². The Balaban J connectivity index is 2.04. The van der Waals surface area contributed by atoms with E-state index in [2.05, 4.69) is 15.3 Å². The van der Waals surface area contributed by atoms with E-state index in [-0.39, 0.29) is 0 Å². The van der Waals surface area contributed by atoms with E-state index >= 15 is 0 Å². The topological polar surface area (TPSA) is 60.2 Å². The quantitative estimate of drug-likeness (QED) is 0.788. The van der Waals surface area contributed by atoms with Crippen molar-refractivity contribution in [3.8, 4) is 11.4 Å². The zero-order valence-corrected chi connectivity index (χ0v) is 10.6. The molecular weight excluding hydrogens is 230 g/mol. The van der Waals surface area contributed by atoms with Crippen molar-refractivity contribution in [3.63, 3.8) is 0 Å². The minimum atomic E-state index is 0.693. The fourth-order valence-electron chi connectivity index (χ4n) is 1.63. The van der Waals surface area contributed by atoms with E-state index in [9.17, 15) is 0 Å². The van der Waals surface area contributed by atoms with Crippen LogP contribution in [0.1, 0.15) is 11.5 Å². The van der Waals surface area contributed by atoms with Crippen LogP contribution in [0.15, 0.2) is 29.0 Å². The molecule has 5 nitrogen and oxygen atoms in total. The minimum absolute atomic E-state index is 0.693. The first-order chi connectivity index (χ1) is 8.81. The summed E-state index contributed by atoms with van der Waals surface area (Å²) in [7, 11) is 1.69. The molecular formula is C13H17N3O2. The third-order valence-corrected chi connectivity index (χ3v) is 2.60. The molecule has 0 saturated carbocycles. The van der Waals surface area contributed by atoms with Crippen LogP contribution in [0.4, 0.5) is 0 Å². The molecule has 0 bridgehead atoms. The van der Waals surface area contributed by atoms with Crippen molar-refractivity contribution in [2.45, 2.75) is 13.5 Å². The molecule has 0 spiro atoms. The highest BCUT2D eigenvalue weighted by atomic mass is 16.5. The molecule has 96 valence electrons. The second kappa shape index (κ2) is 6.28. The van der Waals surface area contributed by atoms with Crippen molar-refractivity contribution < 1.29 is 9.15 Å². The number of aromatic nitrogens is 2. The largest absolute Gasteiger partial charge is 0.469 e. The van der Waals surface area contributed by atoms with Crippen LogP contribution in [0, 0.1) is 6.92 Å². The number of nitrogens with zero attached hydrogens (tertiary/aromatic N) is 2. The summed E-state index contributed by atoms with van der Waals surface area (Å²) < 4.78 is 10.2. The van der Waals surface area contributed by atoms with E-state index < -0.39 is 0 Å². The molecule has 0 radical (unpaired) electrons. The summed E-state index contributed by atoms with van der Waals surface area (Å²) >= 11 is 0. The number of aryl methyl sites for hydroxylation is 1. The lowest BCUT2D eigenvalue weighted by Gasteiger charge is -2.05. The van der Waals surface area contributed by atoms with Gasteiger partial charge in [-0.15, -0.1) is 0 Å². The molecule has 0 aliphatic carbocycles. The molecule has 0 aliphatic heterocycles. The highest BCUT2D eigenvalue weighted by Gasteiger charge is 2.07. The Morgan fingerprint density at radius 3 is 3.00 bits per heavy atom. The molecule has 0 aliphatic rings. The fourth-order valence-corrected chi connectivity index (χ4v) is 1.63. The Kier molecular flexibility index (Phi) is 4.44. The summed E-state index contributed by atoms with van der Waals surface area (Å²) in [5.41, 5.74) is 1.89. The number of hydrogen-bond donors (Lipinski definition) is 1. The van der Waals surface area contributed by atoms with E-state index in [0.717, 1.165) is 23.6 Å². The first-order valence-corrected chi connectivity index (χ1v) is 5.87. The summed E-state index contributed by atoms with van der Waals surface area (Å²) in [6.07, 6.45) is 3.42. The first-order valence-electron chi connectivity index (χ1n) is 5.87. The van der Waals surface area contributed by atoms with Gasteiger partial charge < -0.3 is 14.5 Å². The number of ether oxygens (including phenoxy) is 1. The molecule has 2 aromatic rings. The number of rotatable bonds is 6. The van der Waals surface area contributed by atoms with E-state index in [0.29, 0.717) is 19.0 Å². The third kappa shape index (κ3) is 3.15. The van der Waals surface area contributed by atoms with Gasteiger partial charge in [-0.3, -0.25) is 0 Å². The van der Waals surface area contributed by atoms with Crippen LogP contribution >= 0.6 is 0 Å². The molecule has 1 N–H and O–H groups in total. The molecule has 2 rings (SSSR count). The lowest BCUT2D eigenvalue weighted by Crippen LogP contribution is -2.19. The number of furan rings is 1. The molecule has 5 heteroatoms. The molecule has 0 atom stereocenters. The summed E-state index contributed by atoms with van der Waals surface area (Å²) in [5, 5.41) is 3.25. The molecule has 2 heterocycles. The van der Waals surface area contributed by atoms with Crippen molar-refractivity contribution in [2.75, 3.05) is 20.3 Å². The highest BCUT2D eigenvalue weighted by molar-refractivity contribution is 5.56. The number of nitrogens with one attached hydrogen (secondary N) is 1. The van der Waals surface area contributed by atoms with Crippen LogP contribution in [0.2, 0.25) is 0 Å². The van der Waals surface area contributed by atoms with Gasteiger partial charge in [-0.2, -0.15) is 0 Å². The third-order valence-electron chi connectivity index (χ3n) is 2.60. The normalized spacial score (nSPS) is 10.8. The number of hydrogen-bond acceptors (Lipinski definition) is 5. The van der Waals surface area contributed by atoms with Gasteiger partial charge in [-0.1, -0.05) is 0 Å². The van der Waals surface area contributed by atoms with Gasteiger partial charge >= 0.3 is 0 Å². The minimum Gasteiger partial charge on any atom is -0.469 e. The van der Waals surface area contributed by atoms with Crippen LogP contribution in [-0.2, 0) is 11.3 Å². The fraction of sp³-hybridized carbons (Fsp3) is 0.385. The van der Waals surface area contributed by atoms with Gasteiger partial charge in [-0.05, 0) is 19.1 Å². The van der Waals surface area contributed by atoms with Gasteiger partial charge in [0.05, 0.1) is 24.1 Å². The second-order valence-corrected chi connectivity index (χ2v) is 3.93. The van der Waals surface area contributed by atoms with Crippen molar-refractivity contribution in [1.82, 2.24) is 15.3 Å². The van der Waals surface area contributed by atoms with E-state index in [1.807, 2.05) is 19.1 Å². The van der Waals surface area contributed by atoms with Crippen molar-refractivity contribution in [1.29, 1.82) is 0 Å². The monoisotopic (exact) mass is 247 g/mol. The van der Waals surface area contributed by atoms with Gasteiger partial charge in [0.2, 0.25) is 0 Å². The maximum Gasteiger partial charge on any atom is 0.162 e. The maximum absolute atomic E-state index is 5.26. The smallest absolute Gasteiger partial charge is 0.162 e. The van der Waals surface area contributed by atoms with Gasteiger partial charge in [0.25, 0.3) is 0 Å². The van der Waals surface area contributed by atoms with Gasteiger partial charge in [0.15, 0.2) is 5.82 Å². The molecule has 0 fully saturated rings. The van der Waals surface area contributed by atoms with Crippen LogP contribution < -0.4 is 5.32 Å². The predicted molar refractivity (Wildman–Crippen MR) is 68.1 cm³/mol. The number of methoxy groups -OCH3 is 1. The van der Waals surface area contributed by atoms with Crippen molar-refractivity contribution in [2.24, 2.45) is 0 Å². The van der Waals surface area contributed by atoms with Crippen LogP contribution in [-0.4, -0.2) is 30.2 Å². The summed E-state index contributed by atoms with van der Waals surface area (Å²) in [4.78, 5) is 8.76. The van der Waals surface area contributed by atoms with Gasteiger partial charge in [0, 0.05) is 26.4 Å². The molecule has 0 amide bonds. The van der Waals surface area contributed by atoms with Crippen molar-refractivity contribution >= 4 is 0 Å². The van der Waals surface area contributed by atoms with Gasteiger partial charge in [0.1, 0.15) is 5.76 Å². The average Bonchev–Trinajstić information content (AvgIpc) is 2.81. The van der Waals surface area contributed by atoms with Crippen LogP contribution in [0.5, 0.6) is 0 Å². The Labute approximate surface area is 106 Å². The zero-order valence-electron chi connectivity index (χ0n) is 10.6. The van der Waals surface area contributed by atoms with Crippen LogP contribution in [0.3, 0.4) is 0 Å². The van der Waals surface area contributed by atoms with Crippen LogP contribution in [0.25, 0.3) is 11.4 Å². The maximum atomic E-state index is 5.26. The molecule has 18 heavy (non-hydrogen) atoms. The molecule has 2 aromatic heterocycles. The standard InChI is InChI=1S/C13H17N3O2/c1-10-12(4-7-18-10)13-15-5-3-11(16-13)9-14-6-8-17-2/h3-5,7,14H,6,8-9H2,1-2H3. The Morgan fingerprint density at radius 1 is 1.39 bits per heavy atom.